The normalized spacial score (nSPS) is 25.2. The van der Waals surface area contributed by atoms with Gasteiger partial charge in [0.15, 0.2) is 0 Å². The lowest BCUT2D eigenvalue weighted by Gasteiger charge is -2.31. The van der Waals surface area contributed by atoms with Crippen LogP contribution in [-0.2, 0) is 24.0 Å². The number of aliphatic carboxylic acids is 1. The van der Waals surface area contributed by atoms with E-state index in [0.29, 0.717) is 6.61 Å². The monoisotopic (exact) mass is 244 g/mol. The first-order chi connectivity index (χ1) is 8.08. The maximum atomic E-state index is 10.7. The Bertz CT molecular complexity index is 339. The highest BCUT2D eigenvalue weighted by Crippen LogP contribution is 2.20. The second-order valence-corrected chi connectivity index (χ2v) is 3.27. The van der Waals surface area contributed by atoms with Crippen molar-refractivity contribution in [2.45, 2.75) is 5.60 Å². The van der Waals surface area contributed by atoms with Crippen LogP contribution in [0, 0.1) is 0 Å². The molecule has 0 radical (unpaired) electrons. The minimum atomic E-state index is -1.14. The van der Waals surface area contributed by atoms with Gasteiger partial charge in [-0.1, -0.05) is 0 Å². The molecule has 0 bridgehead atoms. The molecule has 7 heteroatoms. The second-order valence-electron chi connectivity index (χ2n) is 3.27. The van der Waals surface area contributed by atoms with Crippen molar-refractivity contribution in [2.24, 2.45) is 0 Å². The Labute approximate surface area is 96.8 Å². The van der Waals surface area contributed by atoms with Crippen LogP contribution < -0.4 is 0 Å². The fraction of sp³-hybridized carbons (Fsp3) is 0.400. The Hall–Kier alpha value is -1.70. The summed E-state index contributed by atoms with van der Waals surface area (Å²) >= 11 is 0. The predicted octanol–water partition coefficient (Wildman–Crippen LogP) is -0.0148. The number of ether oxygens (including phenoxy) is 2. The van der Waals surface area contributed by atoms with E-state index in [4.69, 9.17) is 19.8 Å². The van der Waals surface area contributed by atoms with Crippen LogP contribution in [0.4, 0.5) is 0 Å². The third kappa shape index (κ3) is 4.35. The Morgan fingerprint density at radius 3 is 2.47 bits per heavy atom. The molecule has 17 heavy (non-hydrogen) atoms. The lowest BCUT2D eigenvalue weighted by Crippen LogP contribution is -2.40. The van der Waals surface area contributed by atoms with Gasteiger partial charge in [-0.3, -0.25) is 4.89 Å². The van der Waals surface area contributed by atoms with Crippen LogP contribution in [0.25, 0.3) is 0 Å². The average molecular weight is 244 g/mol. The molecule has 1 saturated heterocycles. The van der Waals surface area contributed by atoms with Crippen molar-refractivity contribution in [1.29, 1.82) is 0 Å². The molecule has 0 aromatic rings. The standard InChI is InChI=1S/C10H12O7/c11-8(12)1-3-10(4-2-9(13)17-14)7-15-5-6-16-10/h1-4,14H,5-7H2,(H,11,12). The largest absolute Gasteiger partial charge is 0.478 e. The molecule has 1 fully saturated rings. The van der Waals surface area contributed by atoms with Crippen LogP contribution in [0.2, 0.25) is 0 Å². The highest BCUT2D eigenvalue weighted by atomic mass is 17.1. The Morgan fingerprint density at radius 2 is 1.94 bits per heavy atom. The molecule has 0 aliphatic carbocycles. The zero-order valence-corrected chi connectivity index (χ0v) is 8.87. The molecule has 0 saturated carbocycles. The summed E-state index contributed by atoms with van der Waals surface area (Å²) in [6.45, 7) is 0.732. The maximum absolute atomic E-state index is 10.7. The number of hydrogen-bond donors (Lipinski definition) is 2. The molecular weight excluding hydrogens is 232 g/mol. The first-order valence-electron chi connectivity index (χ1n) is 4.76. The van der Waals surface area contributed by atoms with Gasteiger partial charge >= 0.3 is 11.9 Å². The number of carboxylic acid groups (broad SMARTS) is 1. The average Bonchev–Trinajstić information content (AvgIpc) is 2.35. The van der Waals surface area contributed by atoms with E-state index >= 15 is 0 Å². The van der Waals surface area contributed by atoms with E-state index in [9.17, 15) is 9.59 Å². The fourth-order valence-corrected chi connectivity index (χ4v) is 1.26. The third-order valence-corrected chi connectivity index (χ3v) is 2.03. The van der Waals surface area contributed by atoms with Crippen LogP contribution in [0.3, 0.4) is 0 Å². The summed E-state index contributed by atoms with van der Waals surface area (Å²) in [7, 11) is 0. The lowest BCUT2D eigenvalue weighted by atomic mass is 10.0. The highest BCUT2D eigenvalue weighted by molar-refractivity contribution is 5.82. The first-order valence-corrected chi connectivity index (χ1v) is 4.76. The smallest absolute Gasteiger partial charge is 0.365 e. The molecule has 2 N–H and O–H groups in total. The number of carbonyl (C=O) groups excluding carboxylic acids is 1. The predicted molar refractivity (Wildman–Crippen MR) is 54.1 cm³/mol. The van der Waals surface area contributed by atoms with Gasteiger partial charge in [0.2, 0.25) is 0 Å². The van der Waals surface area contributed by atoms with Crippen LogP contribution in [-0.4, -0.2) is 47.7 Å². The third-order valence-electron chi connectivity index (χ3n) is 2.03. The van der Waals surface area contributed by atoms with Gasteiger partial charge in [-0.15, -0.1) is 0 Å². The van der Waals surface area contributed by atoms with Crippen molar-refractivity contribution < 1.29 is 34.3 Å². The van der Waals surface area contributed by atoms with Gasteiger partial charge in [-0.2, -0.15) is 5.26 Å². The van der Waals surface area contributed by atoms with Gasteiger partial charge in [0, 0.05) is 12.2 Å². The van der Waals surface area contributed by atoms with Crippen molar-refractivity contribution in [1.82, 2.24) is 0 Å². The minimum absolute atomic E-state index is 0.0754. The van der Waals surface area contributed by atoms with Gasteiger partial charge < -0.3 is 14.6 Å². The summed E-state index contributed by atoms with van der Waals surface area (Å²) in [6, 6.07) is 0. The maximum Gasteiger partial charge on any atom is 0.365 e. The Kier molecular flexibility index (Phi) is 4.83. The molecule has 0 aromatic heterocycles. The Balaban J connectivity index is 2.81. The lowest BCUT2D eigenvalue weighted by molar-refractivity contribution is -0.228. The van der Waals surface area contributed by atoms with Crippen molar-refractivity contribution in [3.8, 4) is 0 Å². The second kappa shape index (κ2) is 6.14. The van der Waals surface area contributed by atoms with Crippen LogP contribution in [0.5, 0.6) is 0 Å². The molecular formula is C10H12O7. The SMILES string of the molecule is O=C(O)C=CC1(C=CC(=O)OO)COCCO1. The quantitative estimate of drug-likeness (QED) is 0.407. The van der Waals surface area contributed by atoms with Gasteiger partial charge in [-0.25, -0.2) is 9.59 Å². The molecule has 7 nitrogen and oxygen atoms in total. The van der Waals surface area contributed by atoms with Gasteiger partial charge in [0.1, 0.15) is 5.60 Å². The molecule has 1 atom stereocenters. The van der Waals surface area contributed by atoms with Crippen LogP contribution >= 0.6 is 0 Å². The van der Waals surface area contributed by atoms with E-state index in [1.165, 1.54) is 12.2 Å². The van der Waals surface area contributed by atoms with Crippen molar-refractivity contribution in [3.63, 3.8) is 0 Å². The Morgan fingerprint density at radius 1 is 1.24 bits per heavy atom. The van der Waals surface area contributed by atoms with Gasteiger partial charge in [0.25, 0.3) is 0 Å². The summed E-state index contributed by atoms with van der Waals surface area (Å²) in [5.41, 5.74) is -1.13. The molecule has 0 spiro atoms. The minimum Gasteiger partial charge on any atom is -0.478 e. The van der Waals surface area contributed by atoms with Gasteiger partial charge in [-0.05, 0) is 12.2 Å². The number of hydrogen-bond acceptors (Lipinski definition) is 6. The fourth-order valence-electron chi connectivity index (χ4n) is 1.26. The summed E-state index contributed by atoms with van der Waals surface area (Å²) in [5, 5.41) is 16.6. The summed E-state index contributed by atoms with van der Waals surface area (Å²) < 4.78 is 10.5. The van der Waals surface area contributed by atoms with E-state index in [2.05, 4.69) is 4.89 Å². The summed E-state index contributed by atoms with van der Waals surface area (Å²) in [6.07, 6.45) is 4.35. The van der Waals surface area contributed by atoms with Crippen LogP contribution in [0.15, 0.2) is 24.3 Å². The van der Waals surface area contributed by atoms with E-state index in [1.54, 1.807) is 0 Å². The summed E-state index contributed by atoms with van der Waals surface area (Å²) in [4.78, 5) is 24.6. The summed E-state index contributed by atoms with van der Waals surface area (Å²) in [5.74, 6) is -2.13. The molecule has 1 unspecified atom stereocenters. The van der Waals surface area contributed by atoms with Crippen molar-refractivity contribution >= 4 is 11.9 Å². The topological polar surface area (TPSA) is 102 Å². The van der Waals surface area contributed by atoms with Crippen LogP contribution in [0.1, 0.15) is 0 Å². The number of carbonyl (C=O) groups is 2. The molecule has 1 heterocycles. The molecule has 0 amide bonds. The number of rotatable bonds is 4. The zero-order chi connectivity index (χ0) is 12.7. The molecule has 1 aliphatic heterocycles. The van der Waals surface area contributed by atoms with E-state index in [0.717, 1.165) is 12.2 Å². The van der Waals surface area contributed by atoms with E-state index in [-0.39, 0.29) is 13.2 Å². The molecule has 1 rings (SSSR count). The zero-order valence-electron chi connectivity index (χ0n) is 8.87. The molecule has 94 valence electrons. The van der Waals surface area contributed by atoms with Gasteiger partial charge in [0.05, 0.1) is 19.8 Å². The first kappa shape index (κ1) is 13.4. The van der Waals surface area contributed by atoms with Crippen molar-refractivity contribution in [2.75, 3.05) is 19.8 Å². The highest BCUT2D eigenvalue weighted by Gasteiger charge is 2.29. The van der Waals surface area contributed by atoms with E-state index in [1.807, 2.05) is 0 Å². The molecule has 1 aliphatic rings. The molecule has 0 aromatic carbocycles. The van der Waals surface area contributed by atoms with E-state index < -0.39 is 17.5 Å². The number of carboxylic acids is 1. The van der Waals surface area contributed by atoms with Crippen molar-refractivity contribution in [3.05, 3.63) is 24.3 Å².